The smallest absolute Gasteiger partial charge is 0.177 e. The Morgan fingerprint density at radius 1 is 1.39 bits per heavy atom. The van der Waals surface area contributed by atoms with Crippen LogP contribution in [-0.4, -0.2) is 22.7 Å². The number of ether oxygens (including phenoxy) is 1. The van der Waals surface area contributed by atoms with E-state index in [-0.39, 0.29) is 5.78 Å². The number of hydrogen-bond acceptors (Lipinski definition) is 3. The van der Waals surface area contributed by atoms with Crippen LogP contribution in [0.2, 0.25) is 0 Å². The average molecular weight is 244 g/mol. The molecule has 0 aliphatic rings. The van der Waals surface area contributed by atoms with Gasteiger partial charge in [-0.1, -0.05) is 12.1 Å². The lowest BCUT2D eigenvalue weighted by Crippen LogP contribution is -2.02. The molecule has 94 valence electrons. The maximum absolute atomic E-state index is 11.4. The molecule has 0 atom stereocenters. The zero-order chi connectivity index (χ0) is 13.1. The molecule has 0 spiro atoms. The van der Waals surface area contributed by atoms with Crippen LogP contribution in [0.1, 0.15) is 28.7 Å². The van der Waals surface area contributed by atoms with Crippen molar-refractivity contribution in [2.24, 2.45) is 7.05 Å². The van der Waals surface area contributed by atoms with Crippen molar-refractivity contribution in [1.29, 1.82) is 0 Å². The first-order valence-electron chi connectivity index (χ1n) is 5.77. The van der Waals surface area contributed by atoms with Gasteiger partial charge in [0.15, 0.2) is 5.78 Å². The molecule has 4 heteroatoms. The Morgan fingerprint density at radius 3 is 2.78 bits per heavy atom. The summed E-state index contributed by atoms with van der Waals surface area (Å²) in [6.45, 7) is 1.55. The number of carbonyl (C=O) groups excluding carboxylic acids is 1. The van der Waals surface area contributed by atoms with Crippen LogP contribution in [-0.2, 0) is 13.5 Å². The van der Waals surface area contributed by atoms with Crippen molar-refractivity contribution < 1.29 is 9.53 Å². The highest BCUT2D eigenvalue weighted by molar-refractivity contribution is 5.92. The van der Waals surface area contributed by atoms with Gasteiger partial charge in [0, 0.05) is 20.4 Å². The zero-order valence-corrected chi connectivity index (χ0v) is 10.8. The number of rotatable bonds is 4. The van der Waals surface area contributed by atoms with Gasteiger partial charge < -0.3 is 4.74 Å². The van der Waals surface area contributed by atoms with Gasteiger partial charge >= 0.3 is 0 Å². The summed E-state index contributed by atoms with van der Waals surface area (Å²) < 4.78 is 6.80. The standard InChI is InChI=1S/C14H16N2O2/c1-10(17)14-9-12(15-16(14)2)7-11-5-4-6-13(8-11)18-3/h4-6,8-9H,7H2,1-3H3. The second-order valence-corrected chi connectivity index (χ2v) is 4.23. The van der Waals surface area contributed by atoms with E-state index in [1.807, 2.05) is 30.3 Å². The minimum atomic E-state index is 0.0295. The highest BCUT2D eigenvalue weighted by Crippen LogP contribution is 2.16. The minimum Gasteiger partial charge on any atom is -0.497 e. The maximum atomic E-state index is 11.4. The van der Waals surface area contributed by atoms with Crippen molar-refractivity contribution in [2.75, 3.05) is 7.11 Å². The highest BCUT2D eigenvalue weighted by Gasteiger charge is 2.09. The number of methoxy groups -OCH3 is 1. The Balaban J connectivity index is 2.23. The zero-order valence-electron chi connectivity index (χ0n) is 10.8. The van der Waals surface area contributed by atoms with Crippen LogP contribution < -0.4 is 4.74 Å². The predicted molar refractivity (Wildman–Crippen MR) is 69.0 cm³/mol. The first kappa shape index (κ1) is 12.4. The van der Waals surface area contributed by atoms with E-state index in [2.05, 4.69) is 5.10 Å². The fourth-order valence-corrected chi connectivity index (χ4v) is 1.93. The highest BCUT2D eigenvalue weighted by atomic mass is 16.5. The van der Waals surface area contributed by atoms with Gasteiger partial charge in [-0.25, -0.2) is 0 Å². The summed E-state index contributed by atoms with van der Waals surface area (Å²) in [6, 6.07) is 9.68. The van der Waals surface area contributed by atoms with E-state index >= 15 is 0 Å². The molecule has 2 rings (SSSR count). The Morgan fingerprint density at radius 2 is 2.17 bits per heavy atom. The Bertz CT molecular complexity index is 573. The summed E-state index contributed by atoms with van der Waals surface area (Å²) in [5.41, 5.74) is 2.63. The van der Waals surface area contributed by atoms with Crippen LogP contribution in [0, 0.1) is 0 Å². The molecule has 1 aromatic carbocycles. The number of nitrogens with zero attached hydrogens (tertiary/aromatic N) is 2. The fraction of sp³-hybridized carbons (Fsp3) is 0.286. The number of hydrogen-bond donors (Lipinski definition) is 0. The first-order chi connectivity index (χ1) is 8.60. The van der Waals surface area contributed by atoms with E-state index in [0.717, 1.165) is 17.0 Å². The van der Waals surface area contributed by atoms with Gasteiger partial charge in [-0.2, -0.15) is 5.10 Å². The van der Waals surface area contributed by atoms with Crippen molar-refractivity contribution in [3.05, 3.63) is 47.3 Å². The molecular weight excluding hydrogens is 228 g/mol. The Hall–Kier alpha value is -2.10. The minimum absolute atomic E-state index is 0.0295. The van der Waals surface area contributed by atoms with Crippen LogP contribution in [0.15, 0.2) is 30.3 Å². The summed E-state index contributed by atoms with van der Waals surface area (Å²) in [6.07, 6.45) is 0.693. The lowest BCUT2D eigenvalue weighted by molar-refractivity contribution is 0.100. The second-order valence-electron chi connectivity index (χ2n) is 4.23. The number of benzene rings is 1. The summed E-state index contributed by atoms with van der Waals surface area (Å²) in [7, 11) is 3.43. The normalized spacial score (nSPS) is 10.4. The Kier molecular flexibility index (Phi) is 3.46. The van der Waals surface area contributed by atoms with Crippen molar-refractivity contribution in [3.63, 3.8) is 0 Å². The predicted octanol–water partition coefficient (Wildman–Crippen LogP) is 2.22. The van der Waals surface area contributed by atoms with Crippen LogP contribution in [0.4, 0.5) is 0 Å². The third-order valence-electron chi connectivity index (χ3n) is 2.81. The monoisotopic (exact) mass is 244 g/mol. The van der Waals surface area contributed by atoms with Gasteiger partial charge in [-0.15, -0.1) is 0 Å². The summed E-state index contributed by atoms with van der Waals surface area (Å²) in [4.78, 5) is 11.4. The quantitative estimate of drug-likeness (QED) is 0.775. The summed E-state index contributed by atoms with van der Waals surface area (Å²) >= 11 is 0. The molecule has 0 saturated carbocycles. The molecule has 0 unspecified atom stereocenters. The van der Waals surface area contributed by atoms with E-state index in [1.165, 1.54) is 0 Å². The lowest BCUT2D eigenvalue weighted by atomic mass is 10.1. The third-order valence-corrected chi connectivity index (χ3v) is 2.81. The Labute approximate surface area is 106 Å². The van der Waals surface area contributed by atoms with E-state index < -0.39 is 0 Å². The molecular formula is C14H16N2O2. The number of aromatic nitrogens is 2. The maximum Gasteiger partial charge on any atom is 0.177 e. The SMILES string of the molecule is COc1cccc(Cc2cc(C(C)=O)n(C)n2)c1. The molecule has 0 saturated heterocycles. The molecule has 2 aromatic rings. The molecule has 0 amide bonds. The topological polar surface area (TPSA) is 44.1 Å². The van der Waals surface area contributed by atoms with Gasteiger partial charge in [0.2, 0.25) is 0 Å². The van der Waals surface area contributed by atoms with Crippen LogP contribution in [0.25, 0.3) is 0 Å². The lowest BCUT2D eigenvalue weighted by Gasteiger charge is -2.02. The van der Waals surface area contributed by atoms with E-state index in [0.29, 0.717) is 12.1 Å². The van der Waals surface area contributed by atoms with Crippen LogP contribution in [0.5, 0.6) is 5.75 Å². The van der Waals surface area contributed by atoms with Crippen LogP contribution in [0.3, 0.4) is 0 Å². The average Bonchev–Trinajstić information content (AvgIpc) is 2.70. The number of Topliss-reactive ketones (excluding diaryl/α,β-unsaturated/α-hetero) is 1. The molecule has 4 nitrogen and oxygen atoms in total. The molecule has 0 bridgehead atoms. The molecule has 1 heterocycles. The van der Waals surface area contributed by atoms with Gasteiger partial charge in [0.1, 0.15) is 11.4 Å². The largest absolute Gasteiger partial charge is 0.497 e. The number of ketones is 1. The van der Waals surface area contributed by atoms with Gasteiger partial charge in [0.25, 0.3) is 0 Å². The third kappa shape index (κ3) is 2.59. The van der Waals surface area contributed by atoms with E-state index in [4.69, 9.17) is 4.74 Å². The van der Waals surface area contributed by atoms with E-state index in [1.54, 1.807) is 25.8 Å². The first-order valence-corrected chi connectivity index (χ1v) is 5.77. The van der Waals surface area contributed by atoms with Gasteiger partial charge in [0.05, 0.1) is 12.8 Å². The van der Waals surface area contributed by atoms with Crippen molar-refractivity contribution >= 4 is 5.78 Å². The molecule has 0 aliphatic carbocycles. The summed E-state index contributed by atoms with van der Waals surface area (Å²) in [5, 5.41) is 4.34. The molecule has 0 aliphatic heterocycles. The van der Waals surface area contributed by atoms with Crippen molar-refractivity contribution in [2.45, 2.75) is 13.3 Å². The fourth-order valence-electron chi connectivity index (χ4n) is 1.93. The molecule has 0 radical (unpaired) electrons. The molecule has 0 N–H and O–H groups in total. The number of aryl methyl sites for hydroxylation is 1. The molecule has 0 fully saturated rings. The van der Waals surface area contributed by atoms with Gasteiger partial charge in [-0.05, 0) is 23.8 Å². The van der Waals surface area contributed by atoms with Crippen LogP contribution >= 0.6 is 0 Å². The summed E-state index contributed by atoms with van der Waals surface area (Å²) in [5.74, 6) is 0.858. The van der Waals surface area contributed by atoms with Crippen molar-refractivity contribution in [3.8, 4) is 5.75 Å². The second kappa shape index (κ2) is 5.04. The van der Waals surface area contributed by atoms with E-state index in [9.17, 15) is 4.79 Å². The molecule has 18 heavy (non-hydrogen) atoms. The molecule has 1 aromatic heterocycles. The number of carbonyl (C=O) groups is 1. The van der Waals surface area contributed by atoms with Gasteiger partial charge in [-0.3, -0.25) is 9.48 Å². The van der Waals surface area contributed by atoms with Crippen molar-refractivity contribution in [1.82, 2.24) is 9.78 Å².